The summed E-state index contributed by atoms with van der Waals surface area (Å²) >= 11 is 0. The van der Waals surface area contributed by atoms with Gasteiger partial charge in [0.25, 0.3) is 0 Å². The van der Waals surface area contributed by atoms with E-state index in [1.807, 2.05) is 34.6 Å². The number of tetrazole rings is 1. The molecule has 78 valence electrons. The second kappa shape index (κ2) is 3.48. The summed E-state index contributed by atoms with van der Waals surface area (Å²) < 4.78 is 1.56. The van der Waals surface area contributed by atoms with Gasteiger partial charge in [0.1, 0.15) is 0 Å². The van der Waals surface area contributed by atoms with Gasteiger partial charge in [-0.2, -0.15) is 0 Å². The number of hydrogen-bond acceptors (Lipinski definition) is 4. The predicted octanol–water partition coefficient (Wildman–Crippen LogP) is 1.27. The molecule has 0 spiro atoms. The van der Waals surface area contributed by atoms with Gasteiger partial charge in [-0.1, -0.05) is 13.8 Å². The summed E-state index contributed by atoms with van der Waals surface area (Å²) in [6, 6.07) is 0. The van der Waals surface area contributed by atoms with Crippen LogP contribution in [-0.2, 0) is 5.54 Å². The van der Waals surface area contributed by atoms with E-state index in [0.717, 1.165) is 0 Å². The molecular formula is C9H16N4O. The maximum Gasteiger partial charge on any atom is 0.218 e. The molecular weight excluding hydrogens is 180 g/mol. The third kappa shape index (κ3) is 1.97. The maximum absolute atomic E-state index is 11.7. The van der Waals surface area contributed by atoms with E-state index >= 15 is 0 Å². The van der Waals surface area contributed by atoms with E-state index in [1.165, 1.54) is 0 Å². The lowest BCUT2D eigenvalue weighted by Crippen LogP contribution is -2.28. The molecule has 0 aliphatic heterocycles. The van der Waals surface area contributed by atoms with Gasteiger partial charge in [0.2, 0.25) is 11.6 Å². The van der Waals surface area contributed by atoms with Crippen molar-refractivity contribution < 1.29 is 4.79 Å². The van der Waals surface area contributed by atoms with Crippen molar-refractivity contribution >= 4 is 5.78 Å². The molecule has 0 saturated heterocycles. The van der Waals surface area contributed by atoms with Crippen molar-refractivity contribution in [1.82, 2.24) is 20.2 Å². The van der Waals surface area contributed by atoms with Crippen LogP contribution in [0.5, 0.6) is 0 Å². The summed E-state index contributed by atoms with van der Waals surface area (Å²) in [6.07, 6.45) is 0. The minimum Gasteiger partial charge on any atom is -0.290 e. The van der Waals surface area contributed by atoms with Crippen molar-refractivity contribution in [3.05, 3.63) is 5.82 Å². The van der Waals surface area contributed by atoms with Gasteiger partial charge in [-0.15, -0.1) is 5.10 Å². The molecule has 0 bridgehead atoms. The van der Waals surface area contributed by atoms with Crippen molar-refractivity contribution in [2.75, 3.05) is 0 Å². The van der Waals surface area contributed by atoms with E-state index in [0.29, 0.717) is 5.82 Å². The van der Waals surface area contributed by atoms with E-state index in [-0.39, 0.29) is 17.2 Å². The monoisotopic (exact) mass is 196 g/mol. The quantitative estimate of drug-likeness (QED) is 0.668. The smallest absolute Gasteiger partial charge is 0.218 e. The van der Waals surface area contributed by atoms with Crippen LogP contribution in [0.15, 0.2) is 0 Å². The number of rotatable bonds is 2. The second-order valence-electron chi connectivity index (χ2n) is 4.60. The number of nitrogens with zero attached hydrogens (tertiary/aromatic N) is 4. The average molecular weight is 196 g/mol. The fourth-order valence-electron chi connectivity index (χ4n) is 1.05. The normalized spacial score (nSPS) is 12.1. The summed E-state index contributed by atoms with van der Waals surface area (Å²) in [5.41, 5.74) is -0.261. The molecule has 0 aliphatic carbocycles. The van der Waals surface area contributed by atoms with Gasteiger partial charge in [-0.3, -0.25) is 4.79 Å². The molecule has 0 unspecified atom stereocenters. The van der Waals surface area contributed by atoms with E-state index in [4.69, 9.17) is 0 Å². The van der Waals surface area contributed by atoms with Crippen LogP contribution < -0.4 is 0 Å². The lowest BCUT2D eigenvalue weighted by Gasteiger charge is -2.19. The molecule has 1 rings (SSSR count). The van der Waals surface area contributed by atoms with Gasteiger partial charge in [0.15, 0.2) is 0 Å². The van der Waals surface area contributed by atoms with Crippen LogP contribution in [0.3, 0.4) is 0 Å². The Labute approximate surface area is 83.5 Å². The molecule has 0 amide bonds. The number of carbonyl (C=O) groups is 1. The van der Waals surface area contributed by atoms with Crippen LogP contribution in [0, 0.1) is 5.92 Å². The van der Waals surface area contributed by atoms with Crippen molar-refractivity contribution in [2.45, 2.75) is 40.2 Å². The first-order chi connectivity index (χ1) is 6.34. The molecule has 5 nitrogen and oxygen atoms in total. The van der Waals surface area contributed by atoms with Gasteiger partial charge in [0.05, 0.1) is 5.54 Å². The average Bonchev–Trinajstić information content (AvgIpc) is 2.48. The predicted molar refractivity (Wildman–Crippen MR) is 52.0 cm³/mol. The first-order valence-electron chi connectivity index (χ1n) is 4.67. The zero-order valence-corrected chi connectivity index (χ0v) is 9.27. The SMILES string of the molecule is CC(C)C(=O)c1nnnn1C(C)(C)C. The van der Waals surface area contributed by atoms with Gasteiger partial charge in [-0.25, -0.2) is 4.68 Å². The lowest BCUT2D eigenvalue weighted by molar-refractivity contribution is 0.0915. The van der Waals surface area contributed by atoms with Gasteiger partial charge in [0, 0.05) is 5.92 Å². The lowest BCUT2D eigenvalue weighted by atomic mass is 10.1. The highest BCUT2D eigenvalue weighted by atomic mass is 16.1. The Morgan fingerprint density at radius 1 is 1.36 bits per heavy atom. The standard InChI is InChI=1S/C9H16N4O/c1-6(2)7(14)8-10-11-12-13(8)9(3,4)5/h6H,1-5H3. The Hall–Kier alpha value is -1.26. The molecule has 1 aromatic heterocycles. The molecule has 0 aliphatic rings. The first kappa shape index (κ1) is 10.8. The Balaban J connectivity index is 3.12. The molecule has 5 heteroatoms. The highest BCUT2D eigenvalue weighted by molar-refractivity contribution is 5.93. The van der Waals surface area contributed by atoms with Crippen LogP contribution in [0.1, 0.15) is 45.2 Å². The topological polar surface area (TPSA) is 60.7 Å². The van der Waals surface area contributed by atoms with Crippen molar-refractivity contribution in [1.29, 1.82) is 0 Å². The Morgan fingerprint density at radius 2 is 1.93 bits per heavy atom. The number of carbonyl (C=O) groups excluding carboxylic acids is 1. The summed E-state index contributed by atoms with van der Waals surface area (Å²) in [5.74, 6) is 0.236. The zero-order valence-electron chi connectivity index (χ0n) is 9.27. The molecule has 14 heavy (non-hydrogen) atoms. The van der Waals surface area contributed by atoms with E-state index < -0.39 is 0 Å². The van der Waals surface area contributed by atoms with Crippen LogP contribution in [0.4, 0.5) is 0 Å². The summed E-state index contributed by atoms with van der Waals surface area (Å²) in [6.45, 7) is 9.55. The number of ketones is 1. The summed E-state index contributed by atoms with van der Waals surface area (Å²) in [4.78, 5) is 11.7. The molecule has 1 heterocycles. The van der Waals surface area contributed by atoms with Crippen molar-refractivity contribution in [3.8, 4) is 0 Å². The fraction of sp³-hybridized carbons (Fsp3) is 0.778. The fourth-order valence-corrected chi connectivity index (χ4v) is 1.05. The molecule has 1 aromatic rings. The maximum atomic E-state index is 11.7. The van der Waals surface area contributed by atoms with E-state index in [1.54, 1.807) is 4.68 Å². The number of aromatic nitrogens is 4. The van der Waals surface area contributed by atoms with Gasteiger partial charge < -0.3 is 0 Å². The Kier molecular flexibility index (Phi) is 2.69. The molecule has 0 atom stereocenters. The molecule has 0 fully saturated rings. The van der Waals surface area contributed by atoms with Crippen LogP contribution in [-0.4, -0.2) is 26.0 Å². The summed E-state index contributed by atoms with van der Waals surface area (Å²) in [7, 11) is 0. The number of hydrogen-bond donors (Lipinski definition) is 0. The van der Waals surface area contributed by atoms with Crippen LogP contribution in [0.2, 0.25) is 0 Å². The highest BCUT2D eigenvalue weighted by Gasteiger charge is 2.25. The van der Waals surface area contributed by atoms with E-state index in [2.05, 4.69) is 15.5 Å². The minimum atomic E-state index is -0.261. The molecule has 0 aromatic carbocycles. The Morgan fingerprint density at radius 3 is 2.36 bits per heavy atom. The largest absolute Gasteiger partial charge is 0.290 e. The van der Waals surface area contributed by atoms with Crippen LogP contribution in [0.25, 0.3) is 0 Å². The Bertz CT molecular complexity index is 335. The highest BCUT2D eigenvalue weighted by Crippen LogP contribution is 2.15. The third-order valence-corrected chi connectivity index (χ3v) is 1.85. The van der Waals surface area contributed by atoms with E-state index in [9.17, 15) is 4.79 Å². The minimum absolute atomic E-state index is 0.0232. The number of Topliss-reactive ketones (excluding diaryl/α,β-unsaturated/α-hetero) is 1. The zero-order chi connectivity index (χ0) is 10.9. The molecule has 0 radical (unpaired) electrons. The van der Waals surface area contributed by atoms with Gasteiger partial charge >= 0.3 is 0 Å². The molecule has 0 saturated carbocycles. The first-order valence-corrected chi connectivity index (χ1v) is 4.67. The third-order valence-electron chi connectivity index (χ3n) is 1.85. The summed E-state index contributed by atoms with van der Waals surface area (Å²) in [5, 5.41) is 11.1. The van der Waals surface area contributed by atoms with Crippen molar-refractivity contribution in [3.63, 3.8) is 0 Å². The molecule has 0 N–H and O–H groups in total. The van der Waals surface area contributed by atoms with Gasteiger partial charge in [-0.05, 0) is 31.2 Å². The van der Waals surface area contributed by atoms with Crippen molar-refractivity contribution in [2.24, 2.45) is 5.92 Å². The second-order valence-corrected chi connectivity index (χ2v) is 4.60. The van der Waals surface area contributed by atoms with Crippen LogP contribution >= 0.6 is 0 Å².